The van der Waals surface area contributed by atoms with Gasteiger partial charge in [0, 0.05) is 18.3 Å². The summed E-state index contributed by atoms with van der Waals surface area (Å²) < 4.78 is 0. The van der Waals surface area contributed by atoms with Crippen molar-refractivity contribution in [2.24, 2.45) is 10.8 Å². The Hall–Kier alpha value is -2.28. The van der Waals surface area contributed by atoms with Crippen LogP contribution in [0.5, 0.6) is 0 Å². The zero-order valence-electron chi connectivity index (χ0n) is 8.74. The van der Waals surface area contributed by atoms with Crippen molar-refractivity contribution in [3.05, 3.63) is 46.0 Å². The zero-order valence-corrected chi connectivity index (χ0v) is 9.55. The first kappa shape index (κ1) is 12.8. The first-order chi connectivity index (χ1) is 8.09. The maximum atomic E-state index is 10.5. The third-order valence-electron chi connectivity index (χ3n) is 1.71. The highest BCUT2D eigenvalue weighted by Crippen LogP contribution is 2.13. The highest BCUT2D eigenvalue weighted by atomic mass is 32.1. The zero-order chi connectivity index (χ0) is 12.7. The maximum Gasteiger partial charge on any atom is 0.270 e. The number of thiocarbonyl (C=S) groups is 1. The normalized spacial score (nSPS) is 10.8. The summed E-state index contributed by atoms with van der Waals surface area (Å²) in [5, 5.41) is 14.3. The summed E-state index contributed by atoms with van der Waals surface area (Å²) in [6.07, 6.45) is 4.74. The lowest BCUT2D eigenvalue weighted by molar-refractivity contribution is -0.384. The fraction of sp³-hybridized carbons (Fsp3) is 0. The number of nitrogens with two attached hydrogens (primary N) is 1. The Labute approximate surface area is 103 Å². The second-order valence-electron chi connectivity index (χ2n) is 2.97. The molecule has 0 unspecified atom stereocenters. The van der Waals surface area contributed by atoms with Gasteiger partial charge in [-0.3, -0.25) is 15.5 Å². The lowest BCUT2D eigenvalue weighted by Gasteiger charge is -1.93. The molecule has 0 fully saturated rings. The average molecular weight is 250 g/mol. The van der Waals surface area contributed by atoms with Gasteiger partial charge in [0.1, 0.15) is 0 Å². The van der Waals surface area contributed by atoms with Crippen molar-refractivity contribution < 1.29 is 4.92 Å². The van der Waals surface area contributed by atoms with Gasteiger partial charge < -0.3 is 5.73 Å². The molecule has 0 bridgehead atoms. The third-order valence-corrected chi connectivity index (χ3v) is 1.80. The van der Waals surface area contributed by atoms with Gasteiger partial charge in [0.25, 0.3) is 5.69 Å². The van der Waals surface area contributed by atoms with Crippen LogP contribution < -0.4 is 11.2 Å². The predicted octanol–water partition coefficient (Wildman–Crippen LogP) is 1.43. The van der Waals surface area contributed by atoms with Gasteiger partial charge in [0.2, 0.25) is 0 Å². The van der Waals surface area contributed by atoms with Crippen LogP contribution in [0.25, 0.3) is 6.08 Å². The number of allylic oxidation sites excluding steroid dienone is 1. The second-order valence-corrected chi connectivity index (χ2v) is 3.41. The predicted molar refractivity (Wildman–Crippen MR) is 70.5 cm³/mol. The molecule has 0 spiro atoms. The van der Waals surface area contributed by atoms with Crippen LogP contribution in [0.1, 0.15) is 5.56 Å². The van der Waals surface area contributed by atoms with Gasteiger partial charge >= 0.3 is 0 Å². The van der Waals surface area contributed by atoms with Crippen molar-refractivity contribution in [1.82, 2.24) is 5.43 Å². The molecule has 1 aromatic rings. The number of hydrogen-bond acceptors (Lipinski definition) is 4. The molecule has 0 aliphatic heterocycles. The quantitative estimate of drug-likeness (QED) is 0.365. The van der Waals surface area contributed by atoms with Crippen molar-refractivity contribution in [3.63, 3.8) is 0 Å². The fourth-order valence-electron chi connectivity index (χ4n) is 1.04. The molecule has 0 atom stereocenters. The van der Waals surface area contributed by atoms with Gasteiger partial charge in [-0.1, -0.05) is 18.2 Å². The molecule has 0 aromatic heterocycles. The topological polar surface area (TPSA) is 93.5 Å². The summed E-state index contributed by atoms with van der Waals surface area (Å²) >= 11 is 4.54. The SMILES string of the molecule is NC(=S)N/N=C/C=C/c1cccc([N+](=O)[O-])c1. The minimum absolute atomic E-state index is 0.0466. The van der Waals surface area contributed by atoms with Crippen LogP contribution >= 0.6 is 12.2 Å². The second kappa shape index (κ2) is 6.33. The van der Waals surface area contributed by atoms with Crippen LogP contribution in [0.3, 0.4) is 0 Å². The molecule has 0 saturated heterocycles. The Kier molecular flexibility index (Phi) is 4.77. The van der Waals surface area contributed by atoms with Gasteiger partial charge in [-0.15, -0.1) is 0 Å². The molecule has 7 heteroatoms. The number of rotatable bonds is 4. The summed E-state index contributed by atoms with van der Waals surface area (Å²) in [7, 11) is 0. The van der Waals surface area contributed by atoms with E-state index in [1.807, 2.05) is 0 Å². The van der Waals surface area contributed by atoms with E-state index in [-0.39, 0.29) is 10.8 Å². The van der Waals surface area contributed by atoms with Crippen molar-refractivity contribution >= 4 is 35.3 Å². The van der Waals surface area contributed by atoms with Crippen LogP contribution in [0.2, 0.25) is 0 Å². The van der Waals surface area contributed by atoms with Gasteiger partial charge in [0.05, 0.1) is 4.92 Å². The summed E-state index contributed by atoms with van der Waals surface area (Å²) in [5.74, 6) is 0. The molecule has 1 aromatic carbocycles. The van der Waals surface area contributed by atoms with Crippen molar-refractivity contribution in [3.8, 4) is 0 Å². The lowest BCUT2D eigenvalue weighted by atomic mass is 10.2. The van der Waals surface area contributed by atoms with Gasteiger partial charge in [-0.25, -0.2) is 0 Å². The largest absolute Gasteiger partial charge is 0.375 e. The maximum absolute atomic E-state index is 10.5. The Balaban J connectivity index is 2.65. The Morgan fingerprint density at radius 2 is 2.35 bits per heavy atom. The van der Waals surface area contributed by atoms with Gasteiger partial charge in [-0.2, -0.15) is 5.10 Å². The number of nitro benzene ring substituents is 1. The minimum Gasteiger partial charge on any atom is -0.375 e. The minimum atomic E-state index is -0.445. The van der Waals surface area contributed by atoms with Crippen LogP contribution in [0.4, 0.5) is 5.69 Å². The average Bonchev–Trinajstić information content (AvgIpc) is 2.28. The molecule has 6 nitrogen and oxygen atoms in total. The molecule has 0 heterocycles. The number of nitro groups is 1. The molecule has 17 heavy (non-hydrogen) atoms. The van der Waals surface area contributed by atoms with Gasteiger partial charge in [0.15, 0.2) is 5.11 Å². The molecule has 0 aliphatic carbocycles. The smallest absolute Gasteiger partial charge is 0.270 e. The third kappa shape index (κ3) is 4.85. The van der Waals surface area contributed by atoms with Gasteiger partial charge in [-0.05, 0) is 23.9 Å². The highest BCUT2D eigenvalue weighted by Gasteiger charge is 2.02. The summed E-state index contributed by atoms with van der Waals surface area (Å²) in [5.41, 5.74) is 8.28. The van der Waals surface area contributed by atoms with E-state index < -0.39 is 4.92 Å². The van der Waals surface area contributed by atoms with Crippen molar-refractivity contribution in [2.75, 3.05) is 0 Å². The van der Waals surface area contributed by atoms with E-state index in [1.54, 1.807) is 24.3 Å². The number of hydrazone groups is 1. The number of non-ortho nitro benzene ring substituents is 1. The summed E-state index contributed by atoms with van der Waals surface area (Å²) in [6.45, 7) is 0. The van der Waals surface area contributed by atoms with E-state index in [9.17, 15) is 10.1 Å². The van der Waals surface area contributed by atoms with E-state index in [2.05, 4.69) is 22.7 Å². The molecule has 0 aliphatic rings. The van der Waals surface area contributed by atoms with E-state index in [4.69, 9.17) is 5.73 Å². The molecule has 0 radical (unpaired) electrons. The molecule has 1 rings (SSSR count). The summed E-state index contributed by atoms with van der Waals surface area (Å²) in [6, 6.07) is 6.26. The van der Waals surface area contributed by atoms with Crippen LogP contribution in [-0.4, -0.2) is 16.3 Å². The van der Waals surface area contributed by atoms with E-state index in [0.717, 1.165) is 0 Å². The Morgan fingerprint density at radius 1 is 1.59 bits per heavy atom. The molecule has 3 N–H and O–H groups in total. The number of benzene rings is 1. The Morgan fingerprint density at radius 3 is 3.00 bits per heavy atom. The van der Waals surface area contributed by atoms with E-state index in [1.165, 1.54) is 18.3 Å². The first-order valence-electron chi connectivity index (χ1n) is 4.59. The lowest BCUT2D eigenvalue weighted by Crippen LogP contribution is -2.23. The molecule has 88 valence electrons. The van der Waals surface area contributed by atoms with E-state index in [0.29, 0.717) is 5.56 Å². The van der Waals surface area contributed by atoms with Crippen molar-refractivity contribution in [1.29, 1.82) is 0 Å². The fourth-order valence-corrected chi connectivity index (χ4v) is 1.09. The number of nitrogens with one attached hydrogen (secondary N) is 1. The molecule has 0 saturated carbocycles. The molecular formula is C10H10N4O2S. The number of hydrogen-bond donors (Lipinski definition) is 2. The first-order valence-corrected chi connectivity index (χ1v) is 5.00. The standard InChI is InChI=1S/C10H10N4O2S/c11-10(17)13-12-6-2-4-8-3-1-5-9(7-8)14(15)16/h1-7H,(H3,11,13,17)/b4-2+,12-6+. The van der Waals surface area contributed by atoms with Crippen LogP contribution in [0.15, 0.2) is 35.4 Å². The highest BCUT2D eigenvalue weighted by molar-refractivity contribution is 7.80. The van der Waals surface area contributed by atoms with E-state index >= 15 is 0 Å². The van der Waals surface area contributed by atoms with Crippen LogP contribution in [-0.2, 0) is 0 Å². The van der Waals surface area contributed by atoms with Crippen molar-refractivity contribution in [2.45, 2.75) is 0 Å². The Bertz CT molecular complexity index is 485. The molecule has 0 amide bonds. The monoisotopic (exact) mass is 250 g/mol. The molecular weight excluding hydrogens is 240 g/mol. The van der Waals surface area contributed by atoms with Crippen LogP contribution in [0, 0.1) is 10.1 Å². The number of nitrogens with zero attached hydrogens (tertiary/aromatic N) is 2. The summed E-state index contributed by atoms with van der Waals surface area (Å²) in [4.78, 5) is 10.1.